The van der Waals surface area contributed by atoms with E-state index >= 15 is 0 Å². The van der Waals surface area contributed by atoms with Gasteiger partial charge in [0, 0.05) is 31.9 Å². The van der Waals surface area contributed by atoms with E-state index in [1.165, 1.54) is 0 Å². The molecular formula is C18H38BNO4Si. The third-order valence-corrected chi connectivity index (χ3v) is 6.11. The Morgan fingerprint density at radius 3 is 1.96 bits per heavy atom. The van der Waals surface area contributed by atoms with Crippen molar-refractivity contribution in [3.8, 4) is 0 Å². The Morgan fingerprint density at radius 1 is 1.08 bits per heavy atom. The second-order valence-electron chi connectivity index (χ2n) is 8.88. The average Bonchev–Trinajstić information content (AvgIpc) is 2.63. The number of hydrogen-bond acceptors (Lipinski definition) is 4. The predicted molar refractivity (Wildman–Crippen MR) is 106 cm³/mol. The quantitative estimate of drug-likeness (QED) is 0.576. The Morgan fingerprint density at radius 2 is 1.56 bits per heavy atom. The largest absolute Gasteiger partial charge is 0.460 e. The normalized spacial score (nSPS) is 20.6. The molecule has 0 aliphatic carbocycles. The highest BCUT2D eigenvalue weighted by molar-refractivity contribution is 6.69. The molecule has 1 heterocycles. The Bertz CT molecular complexity index is 431. The number of rotatable bonds is 9. The summed E-state index contributed by atoms with van der Waals surface area (Å²) in [5.41, 5.74) is -0.670. The molecule has 1 rings (SSSR count). The maximum absolute atomic E-state index is 12.3. The second-order valence-corrected chi connectivity index (χ2v) is 13.3. The van der Waals surface area contributed by atoms with Crippen LogP contribution in [0, 0.1) is 0 Å². The van der Waals surface area contributed by atoms with E-state index in [1.807, 2.05) is 18.7 Å². The van der Waals surface area contributed by atoms with Crippen molar-refractivity contribution >= 4 is 21.3 Å². The highest BCUT2D eigenvalue weighted by atomic mass is 28.4. The fraction of sp³-hybridized carbons (Fsp3) is 0.944. The van der Waals surface area contributed by atoms with Gasteiger partial charge in [0.25, 0.3) is 0 Å². The molecule has 1 atom stereocenters. The number of hydrogen-bond donors (Lipinski definition) is 0. The van der Waals surface area contributed by atoms with Crippen molar-refractivity contribution in [2.75, 3.05) is 13.1 Å². The summed E-state index contributed by atoms with van der Waals surface area (Å²) >= 11 is 0. The fourth-order valence-electron chi connectivity index (χ4n) is 3.02. The van der Waals surface area contributed by atoms with Crippen molar-refractivity contribution in [1.29, 1.82) is 0 Å². The van der Waals surface area contributed by atoms with E-state index in [0.717, 1.165) is 13.1 Å². The lowest BCUT2D eigenvalue weighted by Crippen LogP contribution is -2.41. The molecule has 0 spiro atoms. The molecule has 1 unspecified atom stereocenters. The van der Waals surface area contributed by atoms with Crippen molar-refractivity contribution in [2.24, 2.45) is 0 Å². The van der Waals surface area contributed by atoms with Crippen molar-refractivity contribution in [1.82, 2.24) is 4.90 Å². The van der Waals surface area contributed by atoms with Gasteiger partial charge in [-0.2, -0.15) is 0 Å². The van der Waals surface area contributed by atoms with Crippen LogP contribution >= 0.6 is 0 Å². The van der Waals surface area contributed by atoms with Gasteiger partial charge in [-0.25, -0.2) is 0 Å². The number of nitrogens with zero attached hydrogens (tertiary/aromatic N) is 1. The Balaban J connectivity index is 2.70. The molecule has 0 bridgehead atoms. The predicted octanol–water partition coefficient (Wildman–Crippen LogP) is 3.95. The average molecular weight is 371 g/mol. The molecule has 0 aromatic carbocycles. The van der Waals surface area contributed by atoms with E-state index in [-0.39, 0.29) is 30.3 Å². The molecule has 0 radical (unpaired) electrons. The number of carbonyl (C=O) groups excluding carboxylic acids is 1. The number of amides is 1. The molecule has 1 saturated heterocycles. The minimum Gasteiger partial charge on any atom is -0.415 e. The van der Waals surface area contributed by atoms with E-state index < -0.39 is 8.32 Å². The van der Waals surface area contributed by atoms with Gasteiger partial charge < -0.3 is 18.6 Å². The molecule has 1 aliphatic heterocycles. The molecule has 0 aromatic heterocycles. The molecule has 146 valence electrons. The maximum atomic E-state index is 12.3. The van der Waals surface area contributed by atoms with Crippen LogP contribution in [0.2, 0.25) is 26.0 Å². The first kappa shape index (κ1) is 22.7. The van der Waals surface area contributed by atoms with Crippen molar-refractivity contribution < 1.29 is 18.5 Å². The first-order valence-electron chi connectivity index (χ1n) is 9.62. The van der Waals surface area contributed by atoms with E-state index in [9.17, 15) is 4.79 Å². The molecule has 7 heteroatoms. The third-order valence-electron chi connectivity index (χ3n) is 5.07. The Labute approximate surface area is 156 Å². The summed E-state index contributed by atoms with van der Waals surface area (Å²) in [6.45, 7) is 20.3. The van der Waals surface area contributed by atoms with E-state index in [4.69, 9.17) is 13.7 Å². The highest BCUT2D eigenvalue weighted by Gasteiger charge is 2.51. The highest BCUT2D eigenvalue weighted by Crippen LogP contribution is 2.38. The molecular weight excluding hydrogens is 333 g/mol. The molecule has 0 saturated carbocycles. The zero-order chi connectivity index (χ0) is 19.5. The zero-order valence-electron chi connectivity index (χ0n) is 17.8. The molecule has 5 nitrogen and oxygen atoms in total. The lowest BCUT2D eigenvalue weighted by atomic mass is 9.80. The van der Waals surface area contributed by atoms with Gasteiger partial charge in [-0.3, -0.25) is 4.79 Å². The van der Waals surface area contributed by atoms with E-state index in [1.54, 1.807) is 0 Å². The summed E-state index contributed by atoms with van der Waals surface area (Å²) < 4.78 is 18.6. The molecule has 1 amide bonds. The molecule has 25 heavy (non-hydrogen) atoms. The van der Waals surface area contributed by atoms with Crippen LogP contribution in [0.3, 0.4) is 0 Å². The Kier molecular flexibility index (Phi) is 7.75. The molecule has 0 N–H and O–H groups in total. The SMILES string of the molecule is CCN(CC)C(=O)CCC(CB1OC(C)(C)C(C)(C)O1)O[Si](C)(C)C. The van der Waals surface area contributed by atoms with E-state index in [2.05, 4.69) is 47.3 Å². The topological polar surface area (TPSA) is 48.0 Å². The first-order valence-corrected chi connectivity index (χ1v) is 13.0. The van der Waals surface area contributed by atoms with Gasteiger partial charge >= 0.3 is 7.12 Å². The van der Waals surface area contributed by atoms with Gasteiger partial charge in [0.2, 0.25) is 5.91 Å². The molecule has 1 aliphatic rings. The van der Waals surface area contributed by atoms with Crippen molar-refractivity contribution in [3.05, 3.63) is 0 Å². The zero-order valence-corrected chi connectivity index (χ0v) is 18.8. The van der Waals surface area contributed by atoms with Gasteiger partial charge in [-0.05, 0) is 67.6 Å². The van der Waals surface area contributed by atoms with E-state index in [0.29, 0.717) is 19.2 Å². The minimum absolute atomic E-state index is 0.0131. The molecule has 1 fully saturated rings. The van der Waals surface area contributed by atoms with Crippen LogP contribution in [-0.2, 0) is 18.5 Å². The van der Waals surface area contributed by atoms with Crippen LogP contribution in [0.25, 0.3) is 0 Å². The maximum Gasteiger partial charge on any atom is 0.460 e. The van der Waals surface area contributed by atoms with Gasteiger partial charge in [-0.15, -0.1) is 0 Å². The summed E-state index contributed by atoms with van der Waals surface area (Å²) in [5.74, 6) is 0.197. The minimum atomic E-state index is -1.72. The van der Waals surface area contributed by atoms with Crippen LogP contribution in [0.1, 0.15) is 54.4 Å². The summed E-state index contributed by atoms with van der Waals surface area (Å²) in [6, 6.07) is 0. The summed E-state index contributed by atoms with van der Waals surface area (Å²) in [7, 11) is -2.00. The van der Waals surface area contributed by atoms with Crippen LogP contribution < -0.4 is 0 Å². The summed E-state index contributed by atoms with van der Waals surface area (Å²) in [4.78, 5) is 14.2. The first-order chi connectivity index (χ1) is 11.3. The van der Waals surface area contributed by atoms with Crippen molar-refractivity contribution in [2.45, 2.75) is 97.7 Å². The summed E-state index contributed by atoms with van der Waals surface area (Å²) in [6.07, 6.45) is 1.88. The van der Waals surface area contributed by atoms with Crippen molar-refractivity contribution in [3.63, 3.8) is 0 Å². The van der Waals surface area contributed by atoms with Gasteiger partial charge in [-0.1, -0.05) is 0 Å². The fourth-order valence-corrected chi connectivity index (χ4v) is 4.23. The van der Waals surface area contributed by atoms with Crippen LogP contribution in [0.4, 0.5) is 0 Å². The monoisotopic (exact) mass is 371 g/mol. The van der Waals surface area contributed by atoms with Crippen LogP contribution in [-0.4, -0.2) is 56.6 Å². The standard InChI is InChI=1S/C18H38BNO4Si/c1-10-20(11-2)16(21)13-12-15(22-25(7,8)9)14-19-23-17(3,4)18(5,6)24-19/h15H,10-14H2,1-9H3. The Hall–Kier alpha value is -0.368. The lowest BCUT2D eigenvalue weighted by molar-refractivity contribution is -0.131. The lowest BCUT2D eigenvalue weighted by Gasteiger charge is -2.32. The number of carbonyl (C=O) groups is 1. The van der Waals surface area contributed by atoms with Gasteiger partial charge in [0.1, 0.15) is 0 Å². The smallest absolute Gasteiger partial charge is 0.415 e. The second kappa shape index (κ2) is 8.55. The van der Waals surface area contributed by atoms with Crippen LogP contribution in [0.5, 0.6) is 0 Å². The summed E-state index contributed by atoms with van der Waals surface area (Å²) in [5, 5.41) is 0. The molecule has 0 aromatic rings. The van der Waals surface area contributed by atoms with Gasteiger partial charge in [0.15, 0.2) is 8.32 Å². The third kappa shape index (κ3) is 6.70. The van der Waals surface area contributed by atoms with Crippen LogP contribution in [0.15, 0.2) is 0 Å². The van der Waals surface area contributed by atoms with Gasteiger partial charge in [0.05, 0.1) is 11.2 Å².